The first-order valence-corrected chi connectivity index (χ1v) is 7.52. The van der Waals surface area contributed by atoms with Gasteiger partial charge >= 0.3 is 0 Å². The second-order valence-corrected chi connectivity index (χ2v) is 6.38. The maximum absolute atomic E-state index is 12.2. The van der Waals surface area contributed by atoms with Crippen molar-refractivity contribution < 1.29 is 8.95 Å². The Labute approximate surface area is 104 Å². The van der Waals surface area contributed by atoms with E-state index >= 15 is 0 Å². The second kappa shape index (κ2) is 4.42. The minimum absolute atomic E-state index is 0.104. The molecule has 3 rings (SSSR count). The van der Waals surface area contributed by atoms with E-state index in [-0.39, 0.29) is 11.3 Å². The van der Waals surface area contributed by atoms with Crippen LogP contribution in [0, 0.1) is 0 Å². The molecule has 0 aliphatic carbocycles. The summed E-state index contributed by atoms with van der Waals surface area (Å²) in [5.41, 5.74) is 1.16. The van der Waals surface area contributed by atoms with Crippen molar-refractivity contribution in [3.63, 3.8) is 0 Å². The summed E-state index contributed by atoms with van der Waals surface area (Å²) in [4.78, 5) is 0. The lowest BCUT2D eigenvalue weighted by atomic mass is 9.98. The molecule has 0 amide bonds. The zero-order valence-corrected chi connectivity index (χ0v) is 10.7. The minimum Gasteiger partial charge on any atom is -0.492 e. The molecule has 0 radical (unpaired) electrons. The van der Waals surface area contributed by atoms with Crippen LogP contribution in [0.4, 0.5) is 0 Å². The Morgan fingerprint density at radius 2 is 2.29 bits per heavy atom. The van der Waals surface area contributed by atoms with Crippen LogP contribution in [0.2, 0.25) is 0 Å². The molecule has 1 fully saturated rings. The lowest BCUT2D eigenvalue weighted by Crippen LogP contribution is -2.53. The summed E-state index contributed by atoms with van der Waals surface area (Å²) in [6.45, 7) is 2.71. The third-order valence-electron chi connectivity index (χ3n) is 3.64. The van der Waals surface area contributed by atoms with Gasteiger partial charge in [-0.05, 0) is 12.5 Å². The molecule has 4 heteroatoms. The fraction of sp³-hybridized carbons (Fsp3) is 0.538. The van der Waals surface area contributed by atoms with E-state index in [4.69, 9.17) is 4.74 Å². The van der Waals surface area contributed by atoms with Gasteiger partial charge in [-0.3, -0.25) is 4.21 Å². The van der Waals surface area contributed by atoms with E-state index in [1.54, 1.807) is 0 Å². The average Bonchev–Trinajstić information content (AvgIpc) is 2.38. The molecule has 1 aromatic rings. The number of fused-ring (bicyclic) bond motifs is 3. The van der Waals surface area contributed by atoms with Crippen LogP contribution in [0.5, 0.6) is 5.75 Å². The summed E-state index contributed by atoms with van der Waals surface area (Å²) in [7, 11) is -0.781. The Hall–Kier alpha value is -0.870. The molecule has 2 aliphatic heterocycles. The van der Waals surface area contributed by atoms with Crippen LogP contribution in [-0.2, 0) is 10.8 Å². The van der Waals surface area contributed by atoms with Gasteiger partial charge in [-0.1, -0.05) is 25.1 Å². The van der Waals surface area contributed by atoms with Crippen LogP contribution in [0.25, 0.3) is 0 Å². The van der Waals surface area contributed by atoms with E-state index in [1.165, 1.54) is 0 Å². The van der Waals surface area contributed by atoms with Crippen molar-refractivity contribution in [1.29, 1.82) is 0 Å². The minimum atomic E-state index is -0.781. The summed E-state index contributed by atoms with van der Waals surface area (Å²) in [5, 5.41) is 3.72. The Bertz CT molecular complexity index is 449. The van der Waals surface area contributed by atoms with Gasteiger partial charge in [0.05, 0.1) is 11.3 Å². The van der Waals surface area contributed by atoms with E-state index in [0.29, 0.717) is 12.6 Å². The topological polar surface area (TPSA) is 38.3 Å². The van der Waals surface area contributed by atoms with Crippen LogP contribution in [0.1, 0.15) is 24.9 Å². The summed E-state index contributed by atoms with van der Waals surface area (Å²) in [6.07, 6.45) is 1.03. The fourth-order valence-corrected chi connectivity index (χ4v) is 4.35. The summed E-state index contributed by atoms with van der Waals surface area (Å²) in [6, 6.07) is 8.63. The molecule has 17 heavy (non-hydrogen) atoms. The summed E-state index contributed by atoms with van der Waals surface area (Å²) in [5.74, 6) is 1.69. The van der Waals surface area contributed by atoms with Crippen LogP contribution in [0.15, 0.2) is 24.3 Å². The van der Waals surface area contributed by atoms with Crippen molar-refractivity contribution in [1.82, 2.24) is 5.32 Å². The molecule has 0 spiro atoms. The maximum Gasteiger partial charge on any atom is 0.124 e. The molecule has 1 saturated heterocycles. The molecule has 2 aliphatic rings. The Balaban J connectivity index is 1.97. The second-order valence-electron chi connectivity index (χ2n) is 4.68. The molecule has 2 heterocycles. The van der Waals surface area contributed by atoms with Crippen molar-refractivity contribution >= 4 is 10.8 Å². The first-order chi connectivity index (χ1) is 8.29. The van der Waals surface area contributed by atoms with Crippen molar-refractivity contribution in [3.8, 4) is 5.75 Å². The number of para-hydroxylation sites is 1. The van der Waals surface area contributed by atoms with Crippen molar-refractivity contribution in [2.75, 3.05) is 12.4 Å². The Morgan fingerprint density at radius 1 is 1.47 bits per heavy atom. The van der Waals surface area contributed by atoms with E-state index in [0.717, 1.165) is 23.5 Å². The van der Waals surface area contributed by atoms with Crippen LogP contribution in [0.3, 0.4) is 0 Å². The van der Waals surface area contributed by atoms with E-state index in [1.807, 2.05) is 18.2 Å². The van der Waals surface area contributed by atoms with Crippen molar-refractivity contribution in [3.05, 3.63) is 29.8 Å². The highest BCUT2D eigenvalue weighted by Gasteiger charge is 2.39. The molecule has 92 valence electrons. The predicted octanol–water partition coefficient (Wildman–Crippen LogP) is 1.62. The molecule has 1 N–H and O–H groups in total. The quantitative estimate of drug-likeness (QED) is 0.824. The van der Waals surface area contributed by atoms with Crippen LogP contribution in [-0.4, -0.2) is 27.9 Å². The normalized spacial score (nSPS) is 35.6. The zero-order valence-electron chi connectivity index (χ0n) is 9.89. The average molecular weight is 251 g/mol. The Kier molecular flexibility index (Phi) is 2.92. The SMILES string of the molecule is CCC1CS(=O)C2COc3ccccc3C2N1. The molecular formula is C13H17NO2S. The van der Waals surface area contributed by atoms with E-state index < -0.39 is 10.8 Å². The molecule has 1 aromatic carbocycles. The van der Waals surface area contributed by atoms with Crippen molar-refractivity contribution in [2.45, 2.75) is 30.7 Å². The highest BCUT2D eigenvalue weighted by molar-refractivity contribution is 7.85. The molecule has 0 bridgehead atoms. The van der Waals surface area contributed by atoms with Gasteiger partial charge < -0.3 is 10.1 Å². The first-order valence-electron chi connectivity index (χ1n) is 6.14. The third kappa shape index (κ3) is 1.89. The van der Waals surface area contributed by atoms with Gasteiger partial charge in [-0.25, -0.2) is 0 Å². The van der Waals surface area contributed by atoms with Gasteiger partial charge in [0.25, 0.3) is 0 Å². The number of nitrogens with one attached hydrogen (secondary N) is 1. The molecule has 3 nitrogen and oxygen atoms in total. The lowest BCUT2D eigenvalue weighted by molar-refractivity contribution is 0.243. The standard InChI is InChI=1S/C13H17NO2S/c1-2-9-8-17(15)12-7-16-11-6-4-3-5-10(11)13(12)14-9/h3-6,9,12-14H,2,7-8H2,1H3. The van der Waals surface area contributed by atoms with Crippen LogP contribution >= 0.6 is 0 Å². The van der Waals surface area contributed by atoms with Gasteiger partial charge in [-0.2, -0.15) is 0 Å². The van der Waals surface area contributed by atoms with Gasteiger partial charge in [0.2, 0.25) is 0 Å². The van der Waals surface area contributed by atoms with Crippen LogP contribution < -0.4 is 10.1 Å². The number of rotatable bonds is 1. The maximum atomic E-state index is 12.2. The third-order valence-corrected chi connectivity index (χ3v) is 5.45. The molecule has 4 unspecified atom stereocenters. The fourth-order valence-electron chi connectivity index (χ4n) is 2.62. The number of hydrogen-bond acceptors (Lipinski definition) is 3. The van der Waals surface area contributed by atoms with Gasteiger partial charge in [0, 0.05) is 28.2 Å². The number of ether oxygens (including phenoxy) is 1. The Morgan fingerprint density at radius 3 is 3.12 bits per heavy atom. The molecular weight excluding hydrogens is 234 g/mol. The highest BCUT2D eigenvalue weighted by Crippen LogP contribution is 2.36. The van der Waals surface area contributed by atoms with Gasteiger partial charge in [0.15, 0.2) is 0 Å². The molecule has 4 atom stereocenters. The summed E-state index contributed by atoms with van der Waals surface area (Å²) < 4.78 is 17.9. The van der Waals surface area contributed by atoms with E-state index in [2.05, 4.69) is 18.3 Å². The molecule has 0 saturated carbocycles. The summed E-state index contributed by atoms with van der Waals surface area (Å²) >= 11 is 0. The predicted molar refractivity (Wildman–Crippen MR) is 68.7 cm³/mol. The zero-order chi connectivity index (χ0) is 11.8. The number of benzene rings is 1. The van der Waals surface area contributed by atoms with E-state index in [9.17, 15) is 4.21 Å². The first kappa shape index (κ1) is 11.2. The highest BCUT2D eigenvalue weighted by atomic mass is 32.2. The van der Waals surface area contributed by atoms with Gasteiger partial charge in [0.1, 0.15) is 12.4 Å². The van der Waals surface area contributed by atoms with Crippen molar-refractivity contribution in [2.24, 2.45) is 0 Å². The number of hydrogen-bond donors (Lipinski definition) is 1. The monoisotopic (exact) mass is 251 g/mol. The molecule has 0 aromatic heterocycles. The largest absolute Gasteiger partial charge is 0.492 e. The smallest absolute Gasteiger partial charge is 0.124 e. The lowest BCUT2D eigenvalue weighted by Gasteiger charge is -2.40. The van der Waals surface area contributed by atoms with Gasteiger partial charge in [-0.15, -0.1) is 0 Å².